The maximum Gasteiger partial charge on any atom is 0.335 e. The first-order valence-electron chi connectivity index (χ1n) is 10.4. The lowest BCUT2D eigenvalue weighted by Crippen LogP contribution is -2.29. The van der Waals surface area contributed by atoms with Gasteiger partial charge in [-0.3, -0.25) is 29.6 Å². The molecule has 1 aliphatic rings. The summed E-state index contributed by atoms with van der Waals surface area (Å²) in [6.45, 7) is 0. The number of carbonyl (C=O) groups is 3. The number of rotatable bonds is 5. The highest BCUT2D eigenvalue weighted by Crippen LogP contribution is 2.44. The van der Waals surface area contributed by atoms with Gasteiger partial charge in [-0.2, -0.15) is 0 Å². The van der Waals surface area contributed by atoms with Crippen LogP contribution in [0.2, 0.25) is 0 Å². The summed E-state index contributed by atoms with van der Waals surface area (Å²) in [4.78, 5) is 58.0. The van der Waals surface area contributed by atoms with Gasteiger partial charge in [-0.05, 0) is 29.8 Å². The molecule has 0 spiro atoms. The van der Waals surface area contributed by atoms with Gasteiger partial charge >= 0.3 is 11.9 Å². The van der Waals surface area contributed by atoms with Crippen LogP contribution in [0.3, 0.4) is 0 Å². The van der Waals surface area contributed by atoms with Gasteiger partial charge in [0, 0.05) is 30.1 Å². The maximum atomic E-state index is 13.2. The fraction of sp³-hybridized carbons (Fsp3) is 0.0417. The molecule has 0 radical (unpaired) electrons. The van der Waals surface area contributed by atoms with E-state index in [1.165, 1.54) is 48.8 Å². The topological polar surface area (TPSA) is 164 Å². The lowest BCUT2D eigenvalue weighted by molar-refractivity contribution is -0.384. The average molecular weight is 502 g/mol. The van der Waals surface area contributed by atoms with E-state index in [0.717, 1.165) is 22.3 Å². The molecule has 4 aromatic rings. The van der Waals surface area contributed by atoms with Gasteiger partial charge in [-0.25, -0.2) is 9.78 Å². The predicted octanol–water partition coefficient (Wildman–Crippen LogP) is 3.92. The number of Topliss-reactive ketones (excluding diaryl/α,β-unsaturated/α-hetero) is 1. The number of aromatic nitrogens is 2. The average Bonchev–Trinajstić information content (AvgIpc) is 3.41. The van der Waals surface area contributed by atoms with Gasteiger partial charge in [0.15, 0.2) is 5.13 Å². The number of nitrogens with zero attached hydrogens (tertiary/aromatic N) is 4. The van der Waals surface area contributed by atoms with Gasteiger partial charge in [-0.15, -0.1) is 0 Å². The number of carbonyl (C=O) groups excluding carboxylic acids is 2. The first-order valence-corrected chi connectivity index (χ1v) is 11.2. The first kappa shape index (κ1) is 22.8. The molecule has 3 heterocycles. The third kappa shape index (κ3) is 3.75. The van der Waals surface area contributed by atoms with E-state index in [-0.39, 0.29) is 27.5 Å². The van der Waals surface area contributed by atoms with Crippen molar-refractivity contribution in [1.82, 2.24) is 9.97 Å². The highest BCUT2D eigenvalue weighted by atomic mass is 32.1. The van der Waals surface area contributed by atoms with E-state index in [9.17, 15) is 34.7 Å². The summed E-state index contributed by atoms with van der Waals surface area (Å²) in [6, 6.07) is 11.5. The number of nitro benzene ring substituents is 1. The first-order chi connectivity index (χ1) is 17.3. The Hall–Kier alpha value is -4.97. The Morgan fingerprint density at radius 3 is 2.56 bits per heavy atom. The summed E-state index contributed by atoms with van der Waals surface area (Å²) >= 11 is 1.01. The number of aromatic carboxylic acids is 1. The second-order valence-electron chi connectivity index (χ2n) is 7.75. The molecule has 0 saturated carbocycles. The molecule has 0 aliphatic carbocycles. The minimum atomic E-state index is -1.13. The van der Waals surface area contributed by atoms with Crippen LogP contribution >= 0.6 is 11.3 Å². The smallest absolute Gasteiger partial charge is 0.335 e. The molecule has 36 heavy (non-hydrogen) atoms. The van der Waals surface area contributed by atoms with Crippen molar-refractivity contribution in [3.05, 3.63) is 99.4 Å². The number of benzene rings is 2. The van der Waals surface area contributed by atoms with E-state index >= 15 is 0 Å². The zero-order valence-electron chi connectivity index (χ0n) is 18.1. The summed E-state index contributed by atoms with van der Waals surface area (Å²) in [5.41, 5.74) is 0.269. The third-order valence-corrected chi connectivity index (χ3v) is 6.62. The monoisotopic (exact) mass is 502 g/mol. The van der Waals surface area contributed by atoms with Crippen molar-refractivity contribution < 1.29 is 29.5 Å². The fourth-order valence-corrected chi connectivity index (χ4v) is 4.99. The van der Waals surface area contributed by atoms with Gasteiger partial charge in [0.05, 0.1) is 32.3 Å². The zero-order valence-corrected chi connectivity index (χ0v) is 18.9. The van der Waals surface area contributed by atoms with E-state index in [1.807, 2.05) is 0 Å². The van der Waals surface area contributed by atoms with Crippen LogP contribution in [0.4, 0.5) is 10.8 Å². The standard InChI is InChI=1S/C24H14N4O7S/c29-20(12-3-1-5-15(9-12)28(34)35)18-19(14-4-2-8-25-11-14)27(22(31)21(18)30)24-26-16-7-6-13(23(32)33)10-17(16)36-24/h1-11,19,29H,(H,32,33)/b20-18+. The van der Waals surface area contributed by atoms with E-state index < -0.39 is 34.4 Å². The minimum absolute atomic E-state index is 0.00788. The van der Waals surface area contributed by atoms with E-state index in [2.05, 4.69) is 9.97 Å². The van der Waals surface area contributed by atoms with Gasteiger partial charge in [0.1, 0.15) is 5.76 Å². The van der Waals surface area contributed by atoms with Gasteiger partial charge in [0.25, 0.3) is 11.5 Å². The van der Waals surface area contributed by atoms with E-state index in [4.69, 9.17) is 0 Å². The number of amides is 1. The molecule has 2 aromatic carbocycles. The van der Waals surface area contributed by atoms with Crippen LogP contribution in [0.25, 0.3) is 16.0 Å². The van der Waals surface area contributed by atoms with E-state index in [0.29, 0.717) is 15.8 Å². The number of fused-ring (bicyclic) bond motifs is 1. The van der Waals surface area contributed by atoms with Crippen LogP contribution in [0.5, 0.6) is 0 Å². The van der Waals surface area contributed by atoms with Crippen LogP contribution in [-0.2, 0) is 9.59 Å². The van der Waals surface area contributed by atoms with Crippen molar-refractivity contribution in [2.45, 2.75) is 6.04 Å². The highest BCUT2D eigenvalue weighted by molar-refractivity contribution is 7.22. The lowest BCUT2D eigenvalue weighted by atomic mass is 9.96. The molecule has 1 saturated heterocycles. The number of hydrogen-bond acceptors (Lipinski definition) is 9. The number of thiazole rings is 1. The molecule has 11 nitrogen and oxygen atoms in total. The Morgan fingerprint density at radius 2 is 1.86 bits per heavy atom. The van der Waals surface area contributed by atoms with Crippen molar-refractivity contribution in [3.63, 3.8) is 0 Å². The highest BCUT2D eigenvalue weighted by Gasteiger charge is 2.48. The lowest BCUT2D eigenvalue weighted by Gasteiger charge is -2.22. The van der Waals surface area contributed by atoms with Crippen LogP contribution in [0, 0.1) is 10.1 Å². The van der Waals surface area contributed by atoms with Crippen molar-refractivity contribution in [2.24, 2.45) is 0 Å². The summed E-state index contributed by atoms with van der Waals surface area (Å²) in [6.07, 6.45) is 2.93. The minimum Gasteiger partial charge on any atom is -0.507 e. The van der Waals surface area contributed by atoms with Crippen molar-refractivity contribution in [1.29, 1.82) is 0 Å². The quantitative estimate of drug-likeness (QED) is 0.135. The molecule has 1 atom stereocenters. The summed E-state index contributed by atoms with van der Waals surface area (Å²) < 4.78 is 0.482. The van der Waals surface area contributed by atoms with Gasteiger partial charge in [0.2, 0.25) is 0 Å². The normalized spacial score (nSPS) is 17.0. The number of aliphatic hydroxyl groups excluding tert-OH is 1. The van der Waals surface area contributed by atoms with Crippen LogP contribution in [0.1, 0.15) is 27.5 Å². The van der Waals surface area contributed by atoms with Gasteiger partial charge < -0.3 is 10.2 Å². The molecular formula is C24H14N4O7S. The molecule has 2 N–H and O–H groups in total. The van der Waals surface area contributed by atoms with E-state index in [1.54, 1.807) is 12.1 Å². The van der Waals surface area contributed by atoms with Crippen molar-refractivity contribution in [3.8, 4) is 0 Å². The van der Waals surface area contributed by atoms with Crippen molar-refractivity contribution in [2.75, 3.05) is 4.90 Å². The second-order valence-corrected chi connectivity index (χ2v) is 8.76. The molecule has 0 bridgehead atoms. The Morgan fingerprint density at radius 1 is 1.06 bits per heavy atom. The Bertz CT molecular complexity index is 1610. The number of aliphatic hydroxyl groups is 1. The molecule has 178 valence electrons. The molecule has 1 fully saturated rings. The van der Waals surface area contributed by atoms with Crippen LogP contribution in [0.15, 0.2) is 72.6 Å². The zero-order chi connectivity index (χ0) is 25.6. The molecule has 1 unspecified atom stereocenters. The number of ketones is 1. The Kier molecular flexibility index (Phi) is 5.49. The summed E-state index contributed by atoms with van der Waals surface area (Å²) in [7, 11) is 0. The van der Waals surface area contributed by atoms with Gasteiger partial charge in [-0.1, -0.05) is 29.5 Å². The Balaban J connectivity index is 1.71. The summed E-state index contributed by atoms with van der Waals surface area (Å²) in [5, 5.41) is 31.7. The van der Waals surface area contributed by atoms with Crippen molar-refractivity contribution >= 4 is 55.8 Å². The number of nitro groups is 1. The molecular weight excluding hydrogens is 488 g/mol. The largest absolute Gasteiger partial charge is 0.507 e. The maximum absolute atomic E-state index is 13.2. The third-order valence-electron chi connectivity index (χ3n) is 5.61. The second kappa shape index (κ2) is 8.67. The number of non-ortho nitro benzene ring substituents is 1. The SMILES string of the molecule is O=C1C(=O)N(c2nc3ccc(C(=O)O)cc3s2)C(c2cccnc2)/C1=C(\O)c1cccc([N+](=O)[O-])c1. The predicted molar refractivity (Wildman–Crippen MR) is 129 cm³/mol. The number of hydrogen-bond donors (Lipinski definition) is 2. The molecule has 5 rings (SSSR count). The number of carboxylic acid groups (broad SMARTS) is 1. The van der Waals surface area contributed by atoms with Crippen LogP contribution in [-0.4, -0.2) is 42.8 Å². The molecule has 1 aliphatic heterocycles. The summed E-state index contributed by atoms with van der Waals surface area (Å²) in [5.74, 6) is -3.67. The molecule has 12 heteroatoms. The Labute approximate surface area is 205 Å². The number of pyridine rings is 1. The molecule has 1 amide bonds. The number of carboxylic acids is 1. The molecule has 2 aromatic heterocycles. The fourth-order valence-electron chi connectivity index (χ4n) is 3.95. The number of anilines is 1. The van der Waals surface area contributed by atoms with Crippen LogP contribution < -0.4 is 4.90 Å².